The summed E-state index contributed by atoms with van der Waals surface area (Å²) < 4.78 is 13.3. The Kier molecular flexibility index (Phi) is 6.05. The second kappa shape index (κ2) is 9.05. The topological polar surface area (TPSA) is 65.4 Å². The summed E-state index contributed by atoms with van der Waals surface area (Å²) in [5.41, 5.74) is 1.85. The molecule has 4 rings (SSSR count). The highest BCUT2D eigenvalue weighted by Crippen LogP contribution is 2.31. The maximum atomic E-state index is 12.3. The van der Waals surface area contributed by atoms with Crippen molar-refractivity contribution < 1.29 is 14.3 Å². The van der Waals surface area contributed by atoms with Gasteiger partial charge >= 0.3 is 0 Å². The number of carbonyl (C=O) groups is 1. The van der Waals surface area contributed by atoms with E-state index in [1.54, 1.807) is 18.0 Å². The molecule has 0 saturated carbocycles. The summed E-state index contributed by atoms with van der Waals surface area (Å²) in [6.45, 7) is 1.33. The van der Waals surface area contributed by atoms with E-state index in [9.17, 15) is 4.79 Å². The summed E-state index contributed by atoms with van der Waals surface area (Å²) in [7, 11) is 1.97. The van der Waals surface area contributed by atoms with E-state index in [0.717, 1.165) is 39.2 Å². The minimum absolute atomic E-state index is 0.0124. The molecule has 1 aliphatic rings. The molecule has 3 aromatic rings. The molecule has 6 nitrogen and oxygen atoms in total. The molecule has 0 atom stereocenters. The molecule has 2 heterocycles. The molecule has 1 amide bonds. The van der Waals surface area contributed by atoms with Crippen molar-refractivity contribution in [1.29, 1.82) is 0 Å². The average molecular weight is 410 g/mol. The highest BCUT2D eigenvalue weighted by atomic mass is 32.2. The third-order valence-electron chi connectivity index (χ3n) is 4.58. The number of imidazole rings is 1. The summed E-state index contributed by atoms with van der Waals surface area (Å²) in [4.78, 5) is 17.7. The van der Waals surface area contributed by atoms with E-state index in [0.29, 0.717) is 26.1 Å². The Balaban J connectivity index is 1.29. The van der Waals surface area contributed by atoms with Gasteiger partial charge in [0.2, 0.25) is 5.91 Å². The number of carbonyl (C=O) groups excluding carboxylic acids is 1. The lowest BCUT2D eigenvalue weighted by Gasteiger charge is -2.10. The Labute approximate surface area is 174 Å². The van der Waals surface area contributed by atoms with Crippen molar-refractivity contribution >= 4 is 23.4 Å². The Hall–Kier alpha value is -2.93. The Morgan fingerprint density at radius 2 is 1.93 bits per heavy atom. The summed E-state index contributed by atoms with van der Waals surface area (Å²) in [6, 6.07) is 13.7. The number of rotatable bonds is 6. The largest absolute Gasteiger partial charge is 0.490 e. The van der Waals surface area contributed by atoms with Crippen LogP contribution in [0.1, 0.15) is 18.4 Å². The van der Waals surface area contributed by atoms with Gasteiger partial charge in [0.05, 0.1) is 13.2 Å². The van der Waals surface area contributed by atoms with Gasteiger partial charge in [-0.2, -0.15) is 0 Å². The van der Waals surface area contributed by atoms with Gasteiger partial charge in [0.1, 0.15) is 0 Å². The number of nitrogens with zero attached hydrogens (tertiary/aromatic N) is 2. The molecule has 0 spiro atoms. The van der Waals surface area contributed by atoms with Crippen LogP contribution in [0.15, 0.2) is 64.9 Å². The average Bonchev–Trinajstić information content (AvgIpc) is 2.99. The van der Waals surface area contributed by atoms with E-state index in [4.69, 9.17) is 9.47 Å². The molecule has 0 radical (unpaired) electrons. The van der Waals surface area contributed by atoms with Gasteiger partial charge in [0.15, 0.2) is 16.7 Å². The van der Waals surface area contributed by atoms with Crippen LogP contribution in [0, 0.1) is 0 Å². The number of fused-ring (bicyclic) bond motifs is 1. The monoisotopic (exact) mass is 409 g/mol. The molecule has 150 valence electrons. The number of amides is 1. The summed E-state index contributed by atoms with van der Waals surface area (Å²) in [5, 5.41) is 3.88. The van der Waals surface area contributed by atoms with Crippen LogP contribution in [0.25, 0.3) is 0 Å². The zero-order chi connectivity index (χ0) is 20.1. The van der Waals surface area contributed by atoms with Crippen LogP contribution in [0.2, 0.25) is 0 Å². The lowest BCUT2D eigenvalue weighted by atomic mass is 10.1. The number of nitrogens with one attached hydrogen (secondary N) is 1. The van der Waals surface area contributed by atoms with E-state index in [1.807, 2.05) is 60.3 Å². The Morgan fingerprint density at radius 3 is 2.69 bits per heavy atom. The fourth-order valence-corrected chi connectivity index (χ4v) is 3.81. The zero-order valence-corrected chi connectivity index (χ0v) is 17.1. The molecular formula is C22H23N3O3S. The molecule has 7 heteroatoms. The lowest BCUT2D eigenvalue weighted by Crippen LogP contribution is -2.12. The van der Waals surface area contributed by atoms with Crippen LogP contribution in [0.5, 0.6) is 11.5 Å². The molecule has 1 aromatic heterocycles. The normalized spacial score (nSPS) is 13.0. The van der Waals surface area contributed by atoms with Crippen LogP contribution in [-0.4, -0.2) is 28.7 Å². The quantitative estimate of drug-likeness (QED) is 0.657. The third kappa shape index (κ3) is 5.12. The fraction of sp³-hybridized carbons (Fsp3) is 0.273. The number of anilines is 1. The molecule has 0 unspecified atom stereocenters. The molecule has 0 saturated heterocycles. The predicted octanol–water partition coefficient (Wildman–Crippen LogP) is 4.30. The first-order valence-electron chi connectivity index (χ1n) is 9.61. The van der Waals surface area contributed by atoms with E-state index in [2.05, 4.69) is 10.3 Å². The highest BCUT2D eigenvalue weighted by molar-refractivity contribution is 7.99. The molecule has 1 N–H and O–H groups in total. The van der Waals surface area contributed by atoms with Gasteiger partial charge in [-0.05, 0) is 48.4 Å². The van der Waals surface area contributed by atoms with E-state index >= 15 is 0 Å². The molecular weight excluding hydrogens is 386 g/mol. The number of ether oxygens (including phenoxy) is 2. The molecule has 0 bridgehead atoms. The van der Waals surface area contributed by atoms with Gasteiger partial charge in [-0.25, -0.2) is 4.98 Å². The second-order valence-corrected chi connectivity index (χ2v) is 7.87. The van der Waals surface area contributed by atoms with E-state index < -0.39 is 0 Å². The smallest absolute Gasteiger partial charge is 0.224 e. The van der Waals surface area contributed by atoms with Crippen molar-refractivity contribution in [2.45, 2.75) is 29.3 Å². The summed E-state index contributed by atoms with van der Waals surface area (Å²) in [5.74, 6) is 1.53. The van der Waals surface area contributed by atoms with Crippen molar-refractivity contribution in [3.05, 3.63) is 60.4 Å². The van der Waals surface area contributed by atoms with Crippen LogP contribution < -0.4 is 14.8 Å². The molecule has 1 aliphatic heterocycles. The fourth-order valence-electron chi connectivity index (χ4n) is 3.01. The van der Waals surface area contributed by atoms with E-state index in [-0.39, 0.29) is 5.91 Å². The number of aryl methyl sites for hydroxylation is 2. The van der Waals surface area contributed by atoms with Gasteiger partial charge in [-0.3, -0.25) is 4.79 Å². The Bertz CT molecular complexity index is 985. The van der Waals surface area contributed by atoms with E-state index in [1.165, 1.54) is 0 Å². The minimum Gasteiger partial charge on any atom is -0.490 e. The maximum Gasteiger partial charge on any atom is 0.224 e. The highest BCUT2D eigenvalue weighted by Gasteiger charge is 2.11. The van der Waals surface area contributed by atoms with Crippen molar-refractivity contribution in [3.8, 4) is 11.5 Å². The van der Waals surface area contributed by atoms with Gasteiger partial charge in [-0.1, -0.05) is 17.8 Å². The predicted molar refractivity (Wildman–Crippen MR) is 113 cm³/mol. The minimum atomic E-state index is -0.0124. The van der Waals surface area contributed by atoms with Gasteiger partial charge in [0, 0.05) is 42.9 Å². The first-order valence-corrected chi connectivity index (χ1v) is 10.4. The number of benzene rings is 2. The van der Waals surface area contributed by atoms with Crippen LogP contribution in [-0.2, 0) is 18.3 Å². The van der Waals surface area contributed by atoms with Crippen LogP contribution in [0.4, 0.5) is 5.69 Å². The molecule has 0 fully saturated rings. The van der Waals surface area contributed by atoms with Gasteiger partial charge in [-0.15, -0.1) is 0 Å². The maximum absolute atomic E-state index is 12.3. The molecule has 2 aromatic carbocycles. The zero-order valence-electron chi connectivity index (χ0n) is 16.3. The van der Waals surface area contributed by atoms with Crippen LogP contribution >= 0.6 is 11.8 Å². The molecule has 29 heavy (non-hydrogen) atoms. The third-order valence-corrected chi connectivity index (χ3v) is 5.66. The van der Waals surface area contributed by atoms with Gasteiger partial charge < -0.3 is 19.4 Å². The summed E-state index contributed by atoms with van der Waals surface area (Å²) in [6.07, 6.45) is 5.63. The van der Waals surface area contributed by atoms with Crippen molar-refractivity contribution in [3.63, 3.8) is 0 Å². The Morgan fingerprint density at radius 1 is 1.14 bits per heavy atom. The van der Waals surface area contributed by atoms with Crippen LogP contribution in [0.3, 0.4) is 0 Å². The van der Waals surface area contributed by atoms with Crippen molar-refractivity contribution in [2.24, 2.45) is 7.05 Å². The SMILES string of the molecule is Cn1ccnc1Sc1ccc(NC(=O)CCc2ccc3c(c2)OCCCO3)cc1. The number of hydrogen-bond donors (Lipinski definition) is 1. The van der Waals surface area contributed by atoms with Crippen molar-refractivity contribution in [1.82, 2.24) is 9.55 Å². The standard InChI is InChI=1S/C22H23N3O3S/c1-25-12-11-23-22(25)29-18-7-5-17(6-8-18)24-21(26)10-4-16-3-9-19-20(15-16)28-14-2-13-27-19/h3,5-9,11-12,15H,2,4,10,13-14H2,1H3,(H,24,26). The number of aromatic nitrogens is 2. The first kappa shape index (κ1) is 19.4. The summed E-state index contributed by atoms with van der Waals surface area (Å²) >= 11 is 1.59. The van der Waals surface area contributed by atoms with Crippen molar-refractivity contribution in [2.75, 3.05) is 18.5 Å². The first-order chi connectivity index (χ1) is 14.2. The number of hydrogen-bond acceptors (Lipinski definition) is 5. The van der Waals surface area contributed by atoms with Gasteiger partial charge in [0.25, 0.3) is 0 Å². The second-order valence-electron chi connectivity index (χ2n) is 6.83. The lowest BCUT2D eigenvalue weighted by molar-refractivity contribution is -0.116. The molecule has 0 aliphatic carbocycles.